The molecule has 0 aromatic carbocycles. The molecule has 2 rings (SSSR count). The van der Waals surface area contributed by atoms with Gasteiger partial charge in [0, 0.05) is 6.42 Å². The van der Waals surface area contributed by atoms with Crippen LogP contribution in [0.1, 0.15) is 25.7 Å². The van der Waals surface area contributed by atoms with Crippen molar-refractivity contribution in [3.05, 3.63) is 0 Å². The highest BCUT2D eigenvalue weighted by Crippen LogP contribution is 2.38. The van der Waals surface area contributed by atoms with Gasteiger partial charge in [0.1, 0.15) is 0 Å². The zero-order valence-electron chi connectivity index (χ0n) is 7.83. The number of carbonyl (C=O) groups is 1. The second kappa shape index (κ2) is 3.66. The lowest BCUT2D eigenvalue weighted by Crippen LogP contribution is -2.46. The smallest absolute Gasteiger partial charge is 0.303 e. The highest BCUT2D eigenvalue weighted by molar-refractivity contribution is 5.67. The molecule has 1 aliphatic carbocycles. The molecule has 3 atom stereocenters. The van der Waals surface area contributed by atoms with Gasteiger partial charge in [0.25, 0.3) is 0 Å². The van der Waals surface area contributed by atoms with Gasteiger partial charge in [-0.2, -0.15) is 0 Å². The largest absolute Gasteiger partial charge is 0.481 e. The number of piperidine rings is 1. The van der Waals surface area contributed by atoms with E-state index >= 15 is 0 Å². The van der Waals surface area contributed by atoms with Crippen LogP contribution in [0.25, 0.3) is 0 Å². The molecular weight excluding hydrogens is 166 g/mol. The van der Waals surface area contributed by atoms with Crippen LogP contribution in [-0.2, 0) is 4.79 Å². The summed E-state index contributed by atoms with van der Waals surface area (Å²) in [6.45, 7) is 2.07. The molecule has 1 heterocycles. The van der Waals surface area contributed by atoms with Gasteiger partial charge in [-0.15, -0.1) is 0 Å². The van der Waals surface area contributed by atoms with E-state index in [0.29, 0.717) is 24.2 Å². The first-order valence-corrected chi connectivity index (χ1v) is 5.20. The lowest BCUT2D eigenvalue weighted by atomic mass is 9.68. The van der Waals surface area contributed by atoms with Crippen LogP contribution in [0.4, 0.5) is 0 Å². The number of nitrogens with one attached hydrogen (secondary N) is 1. The highest BCUT2D eigenvalue weighted by Gasteiger charge is 2.36. The second-order valence-corrected chi connectivity index (χ2v) is 4.37. The van der Waals surface area contributed by atoms with Crippen molar-refractivity contribution < 1.29 is 9.90 Å². The van der Waals surface area contributed by atoms with Gasteiger partial charge in [-0.3, -0.25) is 4.79 Å². The average molecular weight is 183 g/mol. The topological polar surface area (TPSA) is 49.3 Å². The molecule has 1 unspecified atom stereocenters. The maximum Gasteiger partial charge on any atom is 0.303 e. The second-order valence-electron chi connectivity index (χ2n) is 4.37. The Kier molecular flexibility index (Phi) is 2.54. The van der Waals surface area contributed by atoms with Gasteiger partial charge in [0.15, 0.2) is 0 Å². The van der Waals surface area contributed by atoms with Gasteiger partial charge in [0.05, 0.1) is 0 Å². The molecule has 0 radical (unpaired) electrons. The van der Waals surface area contributed by atoms with Crippen molar-refractivity contribution in [1.82, 2.24) is 5.32 Å². The van der Waals surface area contributed by atoms with Crippen molar-refractivity contribution in [2.45, 2.75) is 25.7 Å². The number of carboxylic acids is 1. The minimum absolute atomic E-state index is 0.386. The number of aliphatic carboxylic acids is 1. The van der Waals surface area contributed by atoms with Crippen molar-refractivity contribution >= 4 is 5.97 Å². The van der Waals surface area contributed by atoms with Crippen LogP contribution in [-0.4, -0.2) is 24.2 Å². The van der Waals surface area contributed by atoms with E-state index in [1.807, 2.05) is 0 Å². The average Bonchev–Trinajstić information content (AvgIpc) is 2.02. The molecule has 0 aromatic rings. The van der Waals surface area contributed by atoms with Gasteiger partial charge < -0.3 is 10.4 Å². The maximum atomic E-state index is 10.7. The van der Waals surface area contributed by atoms with Crippen LogP contribution in [0, 0.1) is 17.8 Å². The summed E-state index contributed by atoms with van der Waals surface area (Å²) in [6.07, 6.45) is 4.13. The first kappa shape index (κ1) is 9.00. The normalized spacial score (nSPS) is 38.6. The molecule has 1 saturated carbocycles. The summed E-state index contributed by atoms with van der Waals surface area (Å²) in [7, 11) is 0. The molecule has 0 aromatic heterocycles. The molecule has 3 nitrogen and oxygen atoms in total. The van der Waals surface area contributed by atoms with Crippen LogP contribution in [0.3, 0.4) is 0 Å². The zero-order valence-corrected chi connectivity index (χ0v) is 7.83. The fourth-order valence-corrected chi connectivity index (χ4v) is 2.95. The first-order chi connectivity index (χ1) is 6.27. The molecule has 2 N–H and O–H groups in total. The molecule has 1 aliphatic heterocycles. The van der Waals surface area contributed by atoms with E-state index in [0.717, 1.165) is 13.1 Å². The third-order valence-corrected chi connectivity index (χ3v) is 3.58. The minimum atomic E-state index is -0.621. The predicted molar refractivity (Wildman–Crippen MR) is 49.4 cm³/mol. The van der Waals surface area contributed by atoms with Crippen molar-refractivity contribution in [3.63, 3.8) is 0 Å². The van der Waals surface area contributed by atoms with Crippen LogP contribution in [0.15, 0.2) is 0 Å². The molecular formula is C10H17NO2. The van der Waals surface area contributed by atoms with Crippen LogP contribution in [0.2, 0.25) is 0 Å². The zero-order chi connectivity index (χ0) is 9.26. The Morgan fingerprint density at radius 3 is 2.46 bits per heavy atom. The number of hydrogen-bond acceptors (Lipinski definition) is 2. The Morgan fingerprint density at radius 1 is 1.31 bits per heavy atom. The summed E-state index contributed by atoms with van der Waals surface area (Å²) in [4.78, 5) is 10.7. The number of rotatable bonds is 2. The number of fused-ring (bicyclic) bond motifs is 2. The van der Waals surface area contributed by atoms with Gasteiger partial charge in [0.2, 0.25) is 0 Å². The minimum Gasteiger partial charge on any atom is -0.481 e. The molecule has 0 amide bonds. The molecule has 2 bridgehead atoms. The van der Waals surface area contributed by atoms with E-state index in [9.17, 15) is 4.79 Å². The molecule has 74 valence electrons. The quantitative estimate of drug-likeness (QED) is 0.674. The fourth-order valence-electron chi connectivity index (χ4n) is 2.95. The van der Waals surface area contributed by atoms with E-state index < -0.39 is 5.97 Å². The Hall–Kier alpha value is -0.570. The van der Waals surface area contributed by atoms with Crippen molar-refractivity contribution in [1.29, 1.82) is 0 Å². The third kappa shape index (κ3) is 1.85. The Labute approximate surface area is 78.5 Å². The number of carboxylic acid groups (broad SMARTS) is 1. The highest BCUT2D eigenvalue weighted by atomic mass is 16.4. The van der Waals surface area contributed by atoms with E-state index in [-0.39, 0.29) is 0 Å². The molecule has 2 fully saturated rings. The van der Waals surface area contributed by atoms with Gasteiger partial charge in [-0.25, -0.2) is 0 Å². The third-order valence-electron chi connectivity index (χ3n) is 3.58. The van der Waals surface area contributed by atoms with Crippen molar-refractivity contribution in [2.75, 3.05) is 13.1 Å². The summed E-state index contributed by atoms with van der Waals surface area (Å²) >= 11 is 0. The number of hydrogen-bond donors (Lipinski definition) is 2. The van der Waals surface area contributed by atoms with E-state index in [1.54, 1.807) is 0 Å². The van der Waals surface area contributed by atoms with Crippen LogP contribution >= 0.6 is 0 Å². The lowest BCUT2D eigenvalue weighted by molar-refractivity contribution is -0.139. The lowest BCUT2D eigenvalue weighted by Gasteiger charge is -2.42. The molecule has 13 heavy (non-hydrogen) atoms. The maximum absolute atomic E-state index is 10.7. The Bertz CT molecular complexity index is 183. The molecule has 2 aliphatic rings. The Balaban J connectivity index is 2.02. The molecule has 1 saturated heterocycles. The van der Waals surface area contributed by atoms with Crippen molar-refractivity contribution in [2.24, 2.45) is 17.8 Å². The van der Waals surface area contributed by atoms with Crippen LogP contribution in [0.5, 0.6) is 0 Å². The molecule has 3 heteroatoms. The van der Waals surface area contributed by atoms with E-state index in [1.165, 1.54) is 19.3 Å². The summed E-state index contributed by atoms with van der Waals surface area (Å²) in [6, 6.07) is 0. The Morgan fingerprint density at radius 2 is 1.92 bits per heavy atom. The van der Waals surface area contributed by atoms with E-state index in [2.05, 4.69) is 5.32 Å². The van der Waals surface area contributed by atoms with E-state index in [4.69, 9.17) is 5.11 Å². The predicted octanol–water partition coefficient (Wildman–Crippen LogP) is 1.10. The SMILES string of the molecule is O=C(O)CC1[C@@H]2CCC[C@H]1CNC2. The van der Waals surface area contributed by atoms with Crippen molar-refractivity contribution in [3.8, 4) is 0 Å². The summed E-state index contributed by atoms with van der Waals surface area (Å²) in [5, 5.41) is 12.2. The fraction of sp³-hybridized carbons (Fsp3) is 0.900. The van der Waals surface area contributed by atoms with Gasteiger partial charge in [-0.1, -0.05) is 6.42 Å². The standard InChI is InChI=1S/C10H17NO2/c12-10(13)4-9-7-2-1-3-8(9)6-11-5-7/h7-9,11H,1-6H2,(H,12,13)/t7-,8+,9?. The first-order valence-electron chi connectivity index (χ1n) is 5.20. The van der Waals surface area contributed by atoms with Gasteiger partial charge >= 0.3 is 5.97 Å². The molecule has 0 spiro atoms. The summed E-state index contributed by atoms with van der Waals surface area (Å²) in [5.41, 5.74) is 0. The monoisotopic (exact) mass is 183 g/mol. The summed E-state index contributed by atoms with van der Waals surface area (Å²) in [5.74, 6) is 1.09. The van der Waals surface area contributed by atoms with Gasteiger partial charge in [-0.05, 0) is 43.7 Å². The summed E-state index contributed by atoms with van der Waals surface area (Å²) < 4.78 is 0. The van der Waals surface area contributed by atoms with Crippen LogP contribution < -0.4 is 5.32 Å².